The van der Waals surface area contributed by atoms with Gasteiger partial charge in [-0.2, -0.15) is 0 Å². The molecule has 2 unspecified atom stereocenters. The molecular weight excluding hydrogens is 312 g/mol. The topological polar surface area (TPSA) is 97.0 Å². The van der Waals surface area contributed by atoms with Gasteiger partial charge in [0.25, 0.3) is 0 Å². The maximum absolute atomic E-state index is 11.8. The number of phenols is 1. The van der Waals surface area contributed by atoms with Gasteiger partial charge in [0.05, 0.1) is 6.61 Å². The van der Waals surface area contributed by atoms with Crippen molar-refractivity contribution in [2.75, 3.05) is 0 Å². The zero-order valence-corrected chi connectivity index (χ0v) is 14.2. The summed E-state index contributed by atoms with van der Waals surface area (Å²) in [4.78, 5) is 23.3. The molecule has 6 heteroatoms. The highest BCUT2D eigenvalue weighted by atomic mass is 16.6. The van der Waals surface area contributed by atoms with Crippen molar-refractivity contribution in [3.63, 3.8) is 0 Å². The number of fused-ring (bicyclic) bond motifs is 1. The summed E-state index contributed by atoms with van der Waals surface area (Å²) in [5, 5.41) is 20.3. The minimum absolute atomic E-state index is 0.00813. The van der Waals surface area contributed by atoms with E-state index in [4.69, 9.17) is 9.15 Å². The number of hydrogen-bond acceptors (Lipinski definition) is 6. The fourth-order valence-electron chi connectivity index (χ4n) is 2.30. The van der Waals surface area contributed by atoms with E-state index in [1.807, 2.05) is 20.8 Å². The molecule has 0 amide bonds. The third-order valence-corrected chi connectivity index (χ3v) is 4.21. The van der Waals surface area contributed by atoms with Gasteiger partial charge in [-0.1, -0.05) is 20.8 Å². The lowest BCUT2D eigenvalue weighted by Crippen LogP contribution is -2.25. The Labute approximate surface area is 139 Å². The molecule has 0 bridgehead atoms. The number of phenolic OH excluding ortho intramolecular Hbond substituents is 1. The molecule has 0 saturated heterocycles. The molecule has 6 nitrogen and oxygen atoms in total. The van der Waals surface area contributed by atoms with Gasteiger partial charge in [0, 0.05) is 17.4 Å². The van der Waals surface area contributed by atoms with Crippen LogP contribution in [0.15, 0.2) is 27.4 Å². The predicted molar refractivity (Wildman–Crippen MR) is 89.0 cm³/mol. The van der Waals surface area contributed by atoms with Crippen LogP contribution in [0.25, 0.3) is 11.0 Å². The van der Waals surface area contributed by atoms with Gasteiger partial charge >= 0.3 is 5.63 Å². The number of Topliss-reactive ketones (excluding diaryl/α,β-unsaturated/α-hetero) is 1. The molecule has 0 aliphatic rings. The molecule has 130 valence electrons. The Morgan fingerprint density at radius 3 is 2.50 bits per heavy atom. The number of aliphatic hydroxyl groups excluding tert-OH is 1. The second-order valence-corrected chi connectivity index (χ2v) is 6.33. The van der Waals surface area contributed by atoms with Gasteiger partial charge in [0.1, 0.15) is 16.9 Å². The van der Waals surface area contributed by atoms with Crippen molar-refractivity contribution in [3.8, 4) is 5.75 Å². The number of carbonyl (C=O) groups is 1. The summed E-state index contributed by atoms with van der Waals surface area (Å²) < 4.78 is 10.6. The maximum atomic E-state index is 11.8. The molecule has 24 heavy (non-hydrogen) atoms. The van der Waals surface area contributed by atoms with Crippen molar-refractivity contribution >= 4 is 16.8 Å². The van der Waals surface area contributed by atoms with Crippen LogP contribution < -0.4 is 5.63 Å². The van der Waals surface area contributed by atoms with Crippen molar-refractivity contribution < 1.29 is 24.2 Å². The number of ether oxygens (including phenoxy) is 1. The number of aromatic hydroxyl groups is 1. The molecule has 1 aromatic heterocycles. The van der Waals surface area contributed by atoms with Crippen LogP contribution in [0, 0.1) is 11.8 Å². The number of aliphatic hydroxyl groups is 1. The number of hydrogen-bond donors (Lipinski definition) is 2. The molecule has 0 spiro atoms. The molecule has 0 radical (unpaired) electrons. The Hall–Kier alpha value is -2.18. The van der Waals surface area contributed by atoms with Gasteiger partial charge in [-0.25, -0.2) is 4.79 Å². The summed E-state index contributed by atoms with van der Waals surface area (Å²) >= 11 is 0. The molecule has 2 rings (SSSR count). The normalized spacial score (nSPS) is 14.1. The van der Waals surface area contributed by atoms with Crippen LogP contribution in [0.1, 0.15) is 43.6 Å². The Morgan fingerprint density at radius 1 is 1.25 bits per heavy atom. The lowest BCUT2D eigenvalue weighted by atomic mass is 9.97. The zero-order chi connectivity index (χ0) is 18.0. The Kier molecular flexibility index (Phi) is 5.41. The zero-order valence-electron chi connectivity index (χ0n) is 14.2. The van der Waals surface area contributed by atoms with Crippen molar-refractivity contribution in [1.29, 1.82) is 0 Å². The number of carbonyl (C=O) groups excluding carboxylic acids is 1. The van der Waals surface area contributed by atoms with Gasteiger partial charge in [0.15, 0.2) is 12.1 Å². The van der Waals surface area contributed by atoms with Crippen LogP contribution in [0.4, 0.5) is 0 Å². The van der Waals surface area contributed by atoms with Crippen molar-refractivity contribution in [1.82, 2.24) is 0 Å². The molecule has 2 N–H and O–H groups in total. The fourth-order valence-corrected chi connectivity index (χ4v) is 2.30. The second kappa shape index (κ2) is 7.15. The van der Waals surface area contributed by atoms with Gasteiger partial charge < -0.3 is 19.4 Å². The van der Waals surface area contributed by atoms with Gasteiger partial charge in [-0.3, -0.25) is 4.79 Å². The van der Waals surface area contributed by atoms with Gasteiger partial charge in [-0.05, 0) is 30.5 Å². The monoisotopic (exact) mass is 334 g/mol. The largest absolute Gasteiger partial charge is 0.508 e. The lowest BCUT2D eigenvalue weighted by Gasteiger charge is -2.22. The van der Waals surface area contributed by atoms with Crippen LogP contribution >= 0.6 is 0 Å². The minimum atomic E-state index is -0.967. The molecule has 1 heterocycles. The Bertz CT molecular complexity index is 805. The first kappa shape index (κ1) is 18.2. The minimum Gasteiger partial charge on any atom is -0.508 e. The molecule has 1 aromatic carbocycles. The van der Waals surface area contributed by atoms with E-state index in [1.54, 1.807) is 0 Å². The first-order chi connectivity index (χ1) is 11.2. The van der Waals surface area contributed by atoms with Crippen molar-refractivity contribution in [2.24, 2.45) is 11.8 Å². The molecule has 0 saturated carbocycles. The summed E-state index contributed by atoms with van der Waals surface area (Å²) in [5.41, 5.74) is -0.132. The molecule has 0 aliphatic heterocycles. The van der Waals surface area contributed by atoms with E-state index in [9.17, 15) is 19.8 Å². The highest BCUT2D eigenvalue weighted by Gasteiger charge is 2.19. The van der Waals surface area contributed by atoms with E-state index in [1.165, 1.54) is 25.1 Å². The van der Waals surface area contributed by atoms with Gasteiger partial charge in [-0.15, -0.1) is 0 Å². The van der Waals surface area contributed by atoms with E-state index in [0.717, 1.165) is 0 Å². The molecular formula is C18H22O6. The first-order valence-electron chi connectivity index (χ1n) is 7.81. The highest BCUT2D eigenvalue weighted by molar-refractivity contribution is 5.97. The maximum Gasteiger partial charge on any atom is 0.347 e. The SMILES string of the molecule is CC(=O)c1cc2c(COC(O)C(C)C(C)C)cc(O)cc2oc1=O. The van der Waals surface area contributed by atoms with E-state index in [0.29, 0.717) is 10.9 Å². The molecule has 2 aromatic rings. The third-order valence-electron chi connectivity index (χ3n) is 4.21. The second-order valence-electron chi connectivity index (χ2n) is 6.33. The van der Waals surface area contributed by atoms with E-state index in [2.05, 4.69) is 0 Å². The summed E-state index contributed by atoms with van der Waals surface area (Å²) in [6.45, 7) is 7.13. The summed E-state index contributed by atoms with van der Waals surface area (Å²) in [6.07, 6.45) is -0.967. The quantitative estimate of drug-likeness (QED) is 0.479. The summed E-state index contributed by atoms with van der Waals surface area (Å²) in [5.74, 6) is -0.326. The molecule has 0 aliphatic carbocycles. The third kappa shape index (κ3) is 3.83. The fraction of sp³-hybridized carbons (Fsp3) is 0.444. The number of rotatable bonds is 6. The molecule has 2 atom stereocenters. The van der Waals surface area contributed by atoms with E-state index >= 15 is 0 Å². The summed E-state index contributed by atoms with van der Waals surface area (Å²) in [6, 6.07) is 4.19. The van der Waals surface area contributed by atoms with Crippen LogP contribution in [0.3, 0.4) is 0 Å². The lowest BCUT2D eigenvalue weighted by molar-refractivity contribution is -0.146. The predicted octanol–water partition coefficient (Wildman–Crippen LogP) is 2.83. The number of benzene rings is 1. The van der Waals surface area contributed by atoms with Gasteiger partial charge in [0.2, 0.25) is 0 Å². The Balaban J connectivity index is 2.40. The molecule has 0 fully saturated rings. The Morgan fingerprint density at radius 2 is 1.92 bits per heavy atom. The van der Waals surface area contributed by atoms with Crippen molar-refractivity contribution in [3.05, 3.63) is 39.7 Å². The average molecular weight is 334 g/mol. The average Bonchev–Trinajstić information content (AvgIpc) is 2.50. The van der Waals surface area contributed by atoms with Crippen LogP contribution in [0.2, 0.25) is 0 Å². The van der Waals surface area contributed by atoms with Crippen LogP contribution in [-0.4, -0.2) is 22.3 Å². The van der Waals surface area contributed by atoms with Crippen LogP contribution in [0.5, 0.6) is 5.75 Å². The standard InChI is InChI=1S/C18H22O6/c1-9(2)10(3)17(21)23-8-12-5-13(20)6-16-15(12)7-14(11(4)19)18(22)24-16/h5-7,9-10,17,20-21H,8H2,1-4H3. The van der Waals surface area contributed by atoms with Crippen molar-refractivity contribution in [2.45, 2.75) is 40.6 Å². The van der Waals surface area contributed by atoms with E-state index < -0.39 is 17.7 Å². The number of ketones is 1. The smallest absolute Gasteiger partial charge is 0.347 e. The summed E-state index contributed by atoms with van der Waals surface area (Å²) in [7, 11) is 0. The van der Waals surface area contributed by atoms with Crippen LogP contribution in [-0.2, 0) is 11.3 Å². The van der Waals surface area contributed by atoms with E-state index in [-0.39, 0.29) is 35.3 Å². The highest BCUT2D eigenvalue weighted by Crippen LogP contribution is 2.26. The first-order valence-corrected chi connectivity index (χ1v) is 7.81.